The molecule has 1 aliphatic rings. The third kappa shape index (κ3) is 4.59. The lowest BCUT2D eigenvalue weighted by Gasteiger charge is -2.30. The molecular formula is C27H27N5O2S2. The number of para-hydroxylation sites is 1. The van der Waals surface area contributed by atoms with Crippen molar-refractivity contribution in [3.8, 4) is 5.69 Å². The molecule has 9 heteroatoms. The topological polar surface area (TPSA) is 79.3 Å². The second kappa shape index (κ2) is 9.40. The highest BCUT2D eigenvalue weighted by molar-refractivity contribution is 7.92. The highest BCUT2D eigenvalue weighted by Crippen LogP contribution is 2.43. The van der Waals surface area contributed by atoms with Gasteiger partial charge in [0.15, 0.2) is 5.11 Å². The Morgan fingerprint density at radius 3 is 2.36 bits per heavy atom. The standard InChI is InChI=1S/C27H27N5O2S2/c1-18-17-21(13-14-22(18)30-36(3,33)34)32-26(25(29-27(32)35)23-11-7-8-16-28-23)24-15-12-19(2)31(24)20-9-5-4-6-10-20/h4-17,25-26,30H,1-3H3,(H,29,35)/t25-,26-/m0/s1. The van der Waals surface area contributed by atoms with E-state index in [2.05, 4.69) is 55.7 Å². The molecule has 0 amide bonds. The third-order valence-electron chi connectivity index (χ3n) is 6.31. The van der Waals surface area contributed by atoms with Gasteiger partial charge in [-0.05, 0) is 86.2 Å². The third-order valence-corrected chi connectivity index (χ3v) is 7.21. The number of nitrogens with zero attached hydrogens (tertiary/aromatic N) is 3. The Bertz CT molecular complexity index is 1520. The summed E-state index contributed by atoms with van der Waals surface area (Å²) in [5.41, 5.74) is 6.34. The number of nitrogens with one attached hydrogen (secondary N) is 2. The Morgan fingerprint density at radius 1 is 0.944 bits per heavy atom. The lowest BCUT2D eigenvalue weighted by molar-refractivity contribution is 0.548. The SMILES string of the molecule is Cc1cc(N2C(=S)N[C@@H](c3ccccn3)[C@@H]2c2ccc(C)n2-c2ccccc2)ccc1NS(C)(=O)=O. The zero-order valence-electron chi connectivity index (χ0n) is 20.2. The van der Waals surface area contributed by atoms with Crippen LogP contribution in [0.5, 0.6) is 0 Å². The summed E-state index contributed by atoms with van der Waals surface area (Å²) in [4.78, 5) is 6.74. The molecule has 4 aromatic rings. The minimum absolute atomic E-state index is 0.190. The van der Waals surface area contributed by atoms with Crippen LogP contribution < -0.4 is 14.9 Å². The van der Waals surface area contributed by atoms with Crippen molar-refractivity contribution in [2.45, 2.75) is 25.9 Å². The Morgan fingerprint density at radius 2 is 1.69 bits per heavy atom. The molecule has 0 spiro atoms. The monoisotopic (exact) mass is 517 g/mol. The second-order valence-electron chi connectivity index (χ2n) is 8.94. The summed E-state index contributed by atoms with van der Waals surface area (Å²) in [6.45, 7) is 3.97. The van der Waals surface area contributed by atoms with Crippen molar-refractivity contribution in [2.24, 2.45) is 0 Å². The molecule has 184 valence electrons. The van der Waals surface area contributed by atoms with E-state index in [1.165, 1.54) is 0 Å². The van der Waals surface area contributed by atoms with Crippen LogP contribution in [0.2, 0.25) is 0 Å². The van der Waals surface area contributed by atoms with Gasteiger partial charge in [0.2, 0.25) is 10.0 Å². The fourth-order valence-corrected chi connectivity index (χ4v) is 5.74. The summed E-state index contributed by atoms with van der Waals surface area (Å²) in [5.74, 6) is 0. The maximum atomic E-state index is 11.8. The van der Waals surface area contributed by atoms with Gasteiger partial charge in [0.1, 0.15) is 6.04 Å². The van der Waals surface area contributed by atoms with Crippen molar-refractivity contribution in [3.05, 3.63) is 108 Å². The number of sulfonamides is 1. The molecule has 1 saturated heterocycles. The van der Waals surface area contributed by atoms with Gasteiger partial charge in [0, 0.05) is 29.0 Å². The van der Waals surface area contributed by atoms with E-state index in [1.54, 1.807) is 12.3 Å². The highest BCUT2D eigenvalue weighted by Gasteiger charge is 2.42. The van der Waals surface area contributed by atoms with Crippen LogP contribution in [0, 0.1) is 13.8 Å². The molecule has 3 heterocycles. The second-order valence-corrected chi connectivity index (χ2v) is 11.1. The first kappa shape index (κ1) is 24.0. The lowest BCUT2D eigenvalue weighted by Crippen LogP contribution is -2.30. The Balaban J connectivity index is 1.66. The summed E-state index contributed by atoms with van der Waals surface area (Å²) < 4.78 is 28.4. The van der Waals surface area contributed by atoms with Crippen LogP contribution in [-0.2, 0) is 10.0 Å². The van der Waals surface area contributed by atoms with Gasteiger partial charge in [-0.2, -0.15) is 0 Å². The largest absolute Gasteiger partial charge is 0.351 e. The number of rotatable bonds is 6. The van der Waals surface area contributed by atoms with E-state index in [9.17, 15) is 8.42 Å². The predicted octanol–water partition coefficient (Wildman–Crippen LogP) is 5.04. The number of aryl methyl sites for hydroxylation is 2. The van der Waals surface area contributed by atoms with Crippen LogP contribution >= 0.6 is 12.2 Å². The molecule has 2 atom stereocenters. The van der Waals surface area contributed by atoms with Crippen molar-refractivity contribution < 1.29 is 8.42 Å². The zero-order valence-corrected chi connectivity index (χ0v) is 21.8. The van der Waals surface area contributed by atoms with E-state index >= 15 is 0 Å². The Labute approximate surface area is 216 Å². The minimum atomic E-state index is -3.39. The molecule has 0 saturated carbocycles. The van der Waals surface area contributed by atoms with Gasteiger partial charge in [0.05, 0.1) is 23.7 Å². The number of thiocarbonyl (C=S) groups is 1. The molecule has 7 nitrogen and oxygen atoms in total. The molecule has 1 fully saturated rings. The molecule has 2 aromatic carbocycles. The summed E-state index contributed by atoms with van der Waals surface area (Å²) >= 11 is 5.87. The van der Waals surface area contributed by atoms with E-state index in [1.807, 2.05) is 55.5 Å². The molecule has 0 bridgehead atoms. The van der Waals surface area contributed by atoms with Gasteiger partial charge < -0.3 is 14.8 Å². The van der Waals surface area contributed by atoms with Crippen LogP contribution in [0.1, 0.15) is 34.7 Å². The fraction of sp³-hybridized carbons (Fsp3) is 0.185. The van der Waals surface area contributed by atoms with Crippen molar-refractivity contribution in [2.75, 3.05) is 15.9 Å². The van der Waals surface area contributed by atoms with Gasteiger partial charge in [-0.3, -0.25) is 9.71 Å². The van der Waals surface area contributed by atoms with Gasteiger partial charge in [-0.15, -0.1) is 0 Å². The van der Waals surface area contributed by atoms with Crippen LogP contribution in [0.3, 0.4) is 0 Å². The molecule has 2 aromatic heterocycles. The Hall–Kier alpha value is -3.69. The van der Waals surface area contributed by atoms with Crippen molar-refractivity contribution in [1.29, 1.82) is 0 Å². The van der Waals surface area contributed by atoms with E-state index in [0.29, 0.717) is 10.8 Å². The van der Waals surface area contributed by atoms with Gasteiger partial charge in [-0.25, -0.2) is 8.42 Å². The van der Waals surface area contributed by atoms with Gasteiger partial charge in [-0.1, -0.05) is 24.3 Å². The predicted molar refractivity (Wildman–Crippen MR) is 148 cm³/mol. The maximum absolute atomic E-state index is 11.8. The molecule has 0 radical (unpaired) electrons. The normalized spacial score (nSPS) is 17.8. The van der Waals surface area contributed by atoms with E-state index in [4.69, 9.17) is 12.2 Å². The average Bonchev–Trinajstić information content (AvgIpc) is 3.40. The number of anilines is 2. The van der Waals surface area contributed by atoms with Gasteiger partial charge in [0.25, 0.3) is 0 Å². The summed E-state index contributed by atoms with van der Waals surface area (Å²) in [5, 5.41) is 4.08. The molecule has 0 aliphatic carbocycles. The fourth-order valence-electron chi connectivity index (χ4n) is 4.76. The number of aromatic nitrogens is 2. The van der Waals surface area contributed by atoms with Crippen molar-refractivity contribution >= 4 is 38.7 Å². The van der Waals surface area contributed by atoms with E-state index in [0.717, 1.165) is 40.3 Å². The first-order valence-corrected chi connectivity index (χ1v) is 13.9. The first-order valence-electron chi connectivity index (χ1n) is 11.6. The van der Waals surface area contributed by atoms with Gasteiger partial charge >= 0.3 is 0 Å². The van der Waals surface area contributed by atoms with Crippen LogP contribution in [0.15, 0.2) is 85.1 Å². The average molecular weight is 518 g/mol. The molecule has 36 heavy (non-hydrogen) atoms. The van der Waals surface area contributed by atoms with Crippen molar-refractivity contribution in [3.63, 3.8) is 0 Å². The maximum Gasteiger partial charge on any atom is 0.229 e. The summed E-state index contributed by atoms with van der Waals surface area (Å²) in [7, 11) is -3.39. The quantitative estimate of drug-likeness (QED) is 0.349. The van der Waals surface area contributed by atoms with Crippen molar-refractivity contribution in [1.82, 2.24) is 14.9 Å². The smallest absolute Gasteiger partial charge is 0.229 e. The first-order chi connectivity index (χ1) is 17.2. The molecule has 0 unspecified atom stereocenters. The molecule has 2 N–H and O–H groups in total. The number of benzene rings is 2. The molecule has 5 rings (SSSR count). The number of hydrogen-bond acceptors (Lipinski definition) is 4. The summed E-state index contributed by atoms with van der Waals surface area (Å²) in [6.07, 6.45) is 2.94. The number of hydrogen-bond donors (Lipinski definition) is 2. The van der Waals surface area contributed by atoms with E-state index < -0.39 is 10.0 Å². The molecular weight excluding hydrogens is 490 g/mol. The minimum Gasteiger partial charge on any atom is -0.351 e. The highest BCUT2D eigenvalue weighted by atomic mass is 32.2. The van der Waals surface area contributed by atoms with Crippen LogP contribution in [0.25, 0.3) is 5.69 Å². The number of pyridine rings is 1. The van der Waals surface area contributed by atoms with Crippen LogP contribution in [0.4, 0.5) is 11.4 Å². The summed E-state index contributed by atoms with van der Waals surface area (Å²) in [6, 6.07) is 25.6. The molecule has 1 aliphatic heterocycles. The van der Waals surface area contributed by atoms with Crippen LogP contribution in [-0.4, -0.2) is 29.3 Å². The Kier molecular flexibility index (Phi) is 6.27. The lowest BCUT2D eigenvalue weighted by atomic mass is 10.0. The zero-order chi connectivity index (χ0) is 25.4. The van der Waals surface area contributed by atoms with E-state index in [-0.39, 0.29) is 12.1 Å².